The van der Waals surface area contributed by atoms with Gasteiger partial charge >= 0.3 is 0 Å². The van der Waals surface area contributed by atoms with Crippen LogP contribution in [-0.2, 0) is 4.79 Å². The zero-order valence-electron chi connectivity index (χ0n) is 13.2. The summed E-state index contributed by atoms with van der Waals surface area (Å²) in [5.74, 6) is 1.23. The Balaban J connectivity index is 1.44. The number of hydrogen-bond acceptors (Lipinski definition) is 5. The fraction of sp³-hybridized carbons (Fsp3) is 0.529. The van der Waals surface area contributed by atoms with Crippen LogP contribution in [0.3, 0.4) is 0 Å². The maximum Gasteiger partial charge on any atom is 0.223 e. The number of carbonyl (C=O) groups excluding carboxylic acids is 1. The van der Waals surface area contributed by atoms with Crippen LogP contribution in [0.2, 0.25) is 0 Å². The highest BCUT2D eigenvalue weighted by Gasteiger charge is 2.30. The number of amides is 1. The number of methoxy groups -OCH3 is 1. The molecule has 0 spiro atoms. The molecule has 2 aromatic rings. The van der Waals surface area contributed by atoms with Crippen molar-refractivity contribution in [3.63, 3.8) is 0 Å². The molecule has 1 aliphatic carbocycles. The number of aromatic nitrogens is 1. The first-order chi connectivity index (χ1) is 11.2. The molecular formula is C17H21N3O2S. The van der Waals surface area contributed by atoms with Gasteiger partial charge < -0.3 is 15.0 Å². The predicted octanol–water partition coefficient (Wildman–Crippen LogP) is 2.80. The van der Waals surface area contributed by atoms with E-state index in [0.29, 0.717) is 6.04 Å². The van der Waals surface area contributed by atoms with Crippen molar-refractivity contribution in [2.24, 2.45) is 5.92 Å². The van der Waals surface area contributed by atoms with E-state index in [1.54, 1.807) is 18.4 Å². The SMILES string of the molecule is COc1cccc2sc(N3CCC(C(=O)NC4CC4)CC3)nc12. The van der Waals surface area contributed by atoms with E-state index in [-0.39, 0.29) is 11.8 Å². The molecule has 0 radical (unpaired) electrons. The molecule has 0 bridgehead atoms. The molecule has 1 saturated carbocycles. The third-order valence-electron chi connectivity index (χ3n) is 4.65. The Morgan fingerprint density at radius 3 is 2.78 bits per heavy atom. The van der Waals surface area contributed by atoms with Crippen molar-refractivity contribution >= 4 is 32.6 Å². The number of benzene rings is 1. The molecule has 2 aliphatic rings. The quantitative estimate of drug-likeness (QED) is 0.936. The summed E-state index contributed by atoms with van der Waals surface area (Å²) in [4.78, 5) is 19.2. The fourth-order valence-electron chi connectivity index (χ4n) is 3.09. The second-order valence-corrected chi connectivity index (χ2v) is 7.36. The Morgan fingerprint density at radius 2 is 2.09 bits per heavy atom. The first-order valence-electron chi connectivity index (χ1n) is 8.23. The van der Waals surface area contributed by atoms with Gasteiger partial charge in [0.2, 0.25) is 5.91 Å². The van der Waals surface area contributed by atoms with Crippen molar-refractivity contribution in [3.8, 4) is 5.75 Å². The molecular weight excluding hydrogens is 310 g/mol. The molecule has 1 aromatic heterocycles. The summed E-state index contributed by atoms with van der Waals surface area (Å²) in [5.41, 5.74) is 0.934. The number of nitrogens with zero attached hydrogens (tertiary/aromatic N) is 2. The Kier molecular flexibility index (Phi) is 3.85. The summed E-state index contributed by atoms with van der Waals surface area (Å²) >= 11 is 1.70. The van der Waals surface area contributed by atoms with Crippen LogP contribution in [0.25, 0.3) is 10.2 Å². The lowest BCUT2D eigenvalue weighted by atomic mass is 9.96. The molecule has 2 fully saturated rings. The molecule has 5 nitrogen and oxygen atoms in total. The van der Waals surface area contributed by atoms with Crippen LogP contribution in [0.1, 0.15) is 25.7 Å². The van der Waals surface area contributed by atoms with Crippen molar-refractivity contribution in [2.75, 3.05) is 25.1 Å². The number of para-hydroxylation sites is 1. The highest BCUT2D eigenvalue weighted by molar-refractivity contribution is 7.22. The van der Waals surface area contributed by atoms with Gasteiger partial charge in [-0.25, -0.2) is 4.98 Å². The zero-order valence-corrected chi connectivity index (χ0v) is 14.1. The summed E-state index contributed by atoms with van der Waals surface area (Å²) < 4.78 is 6.54. The minimum absolute atomic E-state index is 0.163. The molecule has 1 amide bonds. The number of carbonyl (C=O) groups is 1. The Morgan fingerprint density at radius 1 is 1.30 bits per heavy atom. The van der Waals surface area contributed by atoms with E-state index in [0.717, 1.165) is 59.9 Å². The van der Waals surface area contributed by atoms with E-state index in [2.05, 4.69) is 16.3 Å². The number of fused-ring (bicyclic) bond motifs is 1. The van der Waals surface area contributed by atoms with Gasteiger partial charge in [0.1, 0.15) is 11.3 Å². The summed E-state index contributed by atoms with van der Waals surface area (Å²) in [6.07, 6.45) is 4.12. The maximum absolute atomic E-state index is 12.2. The normalized spacial score (nSPS) is 19.1. The maximum atomic E-state index is 12.2. The molecule has 1 saturated heterocycles. The summed E-state index contributed by atoms with van der Waals surface area (Å²) in [7, 11) is 1.68. The number of piperidine rings is 1. The molecule has 0 unspecified atom stereocenters. The number of rotatable bonds is 4. The first kappa shape index (κ1) is 14.8. The van der Waals surface area contributed by atoms with Crippen LogP contribution < -0.4 is 15.0 Å². The monoisotopic (exact) mass is 331 g/mol. The molecule has 0 atom stereocenters. The number of thiazole rings is 1. The Hall–Kier alpha value is -1.82. The van der Waals surface area contributed by atoms with Crippen LogP contribution in [-0.4, -0.2) is 37.1 Å². The van der Waals surface area contributed by atoms with Gasteiger partial charge in [-0.05, 0) is 37.8 Å². The lowest BCUT2D eigenvalue weighted by molar-refractivity contribution is -0.125. The van der Waals surface area contributed by atoms with Gasteiger partial charge in [-0.3, -0.25) is 4.79 Å². The minimum atomic E-state index is 0.163. The number of ether oxygens (including phenoxy) is 1. The van der Waals surface area contributed by atoms with Crippen LogP contribution in [0.5, 0.6) is 5.75 Å². The molecule has 4 rings (SSSR count). The van der Waals surface area contributed by atoms with E-state index in [9.17, 15) is 4.79 Å². The molecule has 1 aliphatic heterocycles. The van der Waals surface area contributed by atoms with E-state index >= 15 is 0 Å². The van der Waals surface area contributed by atoms with Crippen LogP contribution >= 0.6 is 11.3 Å². The number of hydrogen-bond donors (Lipinski definition) is 1. The molecule has 1 aromatic carbocycles. The number of anilines is 1. The van der Waals surface area contributed by atoms with Gasteiger partial charge in [0, 0.05) is 25.0 Å². The highest BCUT2D eigenvalue weighted by atomic mass is 32.1. The third kappa shape index (κ3) is 3.00. The van der Waals surface area contributed by atoms with E-state index in [1.807, 2.05) is 12.1 Å². The van der Waals surface area contributed by atoms with Crippen molar-refractivity contribution < 1.29 is 9.53 Å². The smallest absolute Gasteiger partial charge is 0.223 e. The topological polar surface area (TPSA) is 54.5 Å². The molecule has 2 heterocycles. The Bertz CT molecular complexity index is 718. The molecule has 23 heavy (non-hydrogen) atoms. The first-order valence-corrected chi connectivity index (χ1v) is 9.05. The van der Waals surface area contributed by atoms with E-state index in [1.165, 1.54) is 0 Å². The lowest BCUT2D eigenvalue weighted by Crippen LogP contribution is -2.41. The van der Waals surface area contributed by atoms with E-state index in [4.69, 9.17) is 9.72 Å². The summed E-state index contributed by atoms with van der Waals surface area (Å²) in [5, 5.41) is 4.16. The van der Waals surface area contributed by atoms with Crippen molar-refractivity contribution in [1.29, 1.82) is 0 Å². The van der Waals surface area contributed by atoms with E-state index < -0.39 is 0 Å². The largest absolute Gasteiger partial charge is 0.494 e. The standard InChI is InChI=1S/C17H21N3O2S/c1-22-13-3-2-4-14-15(13)19-17(23-14)20-9-7-11(8-10-20)16(21)18-12-5-6-12/h2-4,11-12H,5-10H2,1H3,(H,18,21). The average molecular weight is 331 g/mol. The van der Waals surface area contributed by atoms with Gasteiger partial charge in [-0.2, -0.15) is 0 Å². The van der Waals surface area contributed by atoms with Gasteiger partial charge in [-0.1, -0.05) is 17.4 Å². The molecule has 122 valence electrons. The minimum Gasteiger partial charge on any atom is -0.494 e. The van der Waals surface area contributed by atoms with Crippen LogP contribution in [0.4, 0.5) is 5.13 Å². The van der Waals surface area contributed by atoms with Gasteiger partial charge in [0.05, 0.1) is 11.8 Å². The molecule has 1 N–H and O–H groups in total. The third-order valence-corrected chi connectivity index (χ3v) is 5.73. The fourth-order valence-corrected chi connectivity index (χ4v) is 4.13. The lowest BCUT2D eigenvalue weighted by Gasteiger charge is -2.31. The van der Waals surface area contributed by atoms with Crippen molar-refractivity contribution in [2.45, 2.75) is 31.7 Å². The summed E-state index contributed by atoms with van der Waals surface area (Å²) in [6, 6.07) is 6.48. The van der Waals surface area contributed by atoms with Gasteiger partial charge in [0.25, 0.3) is 0 Å². The van der Waals surface area contributed by atoms with Crippen molar-refractivity contribution in [1.82, 2.24) is 10.3 Å². The second-order valence-electron chi connectivity index (χ2n) is 6.35. The van der Waals surface area contributed by atoms with Crippen LogP contribution in [0, 0.1) is 5.92 Å². The Labute approximate surface area is 139 Å². The zero-order chi connectivity index (χ0) is 15.8. The predicted molar refractivity (Wildman–Crippen MR) is 92.3 cm³/mol. The molecule has 6 heteroatoms. The average Bonchev–Trinajstić information content (AvgIpc) is 3.28. The summed E-state index contributed by atoms with van der Waals surface area (Å²) in [6.45, 7) is 1.79. The van der Waals surface area contributed by atoms with Crippen LogP contribution in [0.15, 0.2) is 18.2 Å². The van der Waals surface area contributed by atoms with Crippen molar-refractivity contribution in [3.05, 3.63) is 18.2 Å². The van der Waals surface area contributed by atoms with Gasteiger partial charge in [0.15, 0.2) is 5.13 Å². The highest BCUT2D eigenvalue weighted by Crippen LogP contribution is 2.35. The van der Waals surface area contributed by atoms with Gasteiger partial charge in [-0.15, -0.1) is 0 Å². The number of nitrogens with one attached hydrogen (secondary N) is 1. The second kappa shape index (κ2) is 6.00.